The molecule has 0 bridgehead atoms. The largest absolute Gasteiger partial charge is 0.357 e. The van der Waals surface area contributed by atoms with Crippen LogP contribution in [0.25, 0.3) is 0 Å². The van der Waals surface area contributed by atoms with Crippen LogP contribution in [0.1, 0.15) is 30.0 Å². The Kier molecular flexibility index (Phi) is 8.51. The van der Waals surface area contributed by atoms with Gasteiger partial charge in [0.15, 0.2) is 0 Å². The second-order valence-electron chi connectivity index (χ2n) is 6.61. The topological polar surface area (TPSA) is 49.4 Å². The van der Waals surface area contributed by atoms with Crippen LogP contribution in [0.5, 0.6) is 0 Å². The summed E-state index contributed by atoms with van der Waals surface area (Å²) >= 11 is 1.47. The van der Waals surface area contributed by atoms with E-state index in [0.29, 0.717) is 18.7 Å². The Hall–Kier alpha value is -2.34. The van der Waals surface area contributed by atoms with E-state index in [4.69, 9.17) is 0 Å². The fraction of sp³-hybridized carbons (Fsp3) is 0.364. The molecule has 2 rings (SSSR count). The zero-order valence-corrected chi connectivity index (χ0v) is 17.4. The highest BCUT2D eigenvalue weighted by Gasteiger charge is 2.28. The van der Waals surface area contributed by atoms with Gasteiger partial charge in [0.1, 0.15) is 11.9 Å². The van der Waals surface area contributed by atoms with Gasteiger partial charge in [0.2, 0.25) is 11.8 Å². The molecule has 150 valence electrons. The number of hydrogen-bond acceptors (Lipinski definition) is 3. The summed E-state index contributed by atoms with van der Waals surface area (Å²) in [6.45, 7) is 4.31. The highest BCUT2D eigenvalue weighted by atomic mass is 32.2. The Morgan fingerprint density at radius 2 is 1.82 bits per heavy atom. The first-order valence-electron chi connectivity index (χ1n) is 9.34. The smallest absolute Gasteiger partial charge is 0.242 e. The Bertz CT molecular complexity index is 795. The van der Waals surface area contributed by atoms with Crippen LogP contribution in [0.3, 0.4) is 0 Å². The van der Waals surface area contributed by atoms with Gasteiger partial charge in [-0.3, -0.25) is 9.59 Å². The average molecular weight is 403 g/mol. The maximum atomic E-state index is 13.0. The Morgan fingerprint density at radius 3 is 2.43 bits per heavy atom. The molecule has 1 N–H and O–H groups in total. The predicted molar refractivity (Wildman–Crippen MR) is 112 cm³/mol. The third-order valence-electron chi connectivity index (χ3n) is 4.64. The van der Waals surface area contributed by atoms with Gasteiger partial charge in [-0.1, -0.05) is 43.3 Å². The molecule has 0 saturated heterocycles. The van der Waals surface area contributed by atoms with Gasteiger partial charge in [-0.25, -0.2) is 4.39 Å². The van der Waals surface area contributed by atoms with Crippen molar-refractivity contribution in [3.8, 4) is 0 Å². The normalized spacial score (nSPS) is 11.7. The van der Waals surface area contributed by atoms with Crippen molar-refractivity contribution < 1.29 is 14.0 Å². The number of aryl methyl sites for hydroxylation is 1. The van der Waals surface area contributed by atoms with Gasteiger partial charge in [0.05, 0.1) is 5.75 Å². The first kappa shape index (κ1) is 22.0. The molecule has 0 aromatic heterocycles. The summed E-state index contributed by atoms with van der Waals surface area (Å²) in [6.07, 6.45) is 0.542. The highest BCUT2D eigenvalue weighted by Crippen LogP contribution is 2.19. The average Bonchev–Trinajstić information content (AvgIpc) is 2.70. The number of benzene rings is 2. The van der Waals surface area contributed by atoms with Crippen molar-refractivity contribution in [2.45, 2.75) is 38.6 Å². The summed E-state index contributed by atoms with van der Waals surface area (Å²) in [5.74, 6) is 0.363. The van der Waals surface area contributed by atoms with Gasteiger partial charge in [-0.15, -0.1) is 11.8 Å². The summed E-state index contributed by atoms with van der Waals surface area (Å²) in [4.78, 5) is 27.0. The number of rotatable bonds is 9. The van der Waals surface area contributed by atoms with Crippen LogP contribution in [-0.2, 0) is 21.9 Å². The number of halogens is 1. The zero-order chi connectivity index (χ0) is 20.5. The van der Waals surface area contributed by atoms with Crippen LogP contribution in [0, 0.1) is 12.7 Å². The second-order valence-corrected chi connectivity index (χ2v) is 7.59. The van der Waals surface area contributed by atoms with Gasteiger partial charge in [0, 0.05) is 19.3 Å². The minimum Gasteiger partial charge on any atom is -0.357 e. The second kappa shape index (κ2) is 10.9. The molecule has 28 heavy (non-hydrogen) atoms. The molecule has 0 aliphatic rings. The summed E-state index contributed by atoms with van der Waals surface area (Å²) in [5, 5.41) is 2.66. The van der Waals surface area contributed by atoms with Gasteiger partial charge in [-0.05, 0) is 42.2 Å². The van der Waals surface area contributed by atoms with E-state index in [1.54, 1.807) is 24.1 Å². The van der Waals surface area contributed by atoms with E-state index in [9.17, 15) is 14.0 Å². The molecule has 2 aromatic rings. The van der Waals surface area contributed by atoms with E-state index in [1.165, 1.54) is 23.9 Å². The lowest BCUT2D eigenvalue weighted by Crippen LogP contribution is -2.48. The molecule has 1 atom stereocenters. The van der Waals surface area contributed by atoms with Crippen LogP contribution in [0.2, 0.25) is 0 Å². The summed E-state index contributed by atoms with van der Waals surface area (Å²) in [5.41, 5.74) is 3.08. The van der Waals surface area contributed by atoms with Crippen LogP contribution in [0.4, 0.5) is 4.39 Å². The third kappa shape index (κ3) is 6.09. The number of carbonyl (C=O) groups excluding carboxylic acids is 2. The molecular weight excluding hydrogens is 375 g/mol. The van der Waals surface area contributed by atoms with E-state index in [-0.39, 0.29) is 23.4 Å². The van der Waals surface area contributed by atoms with E-state index < -0.39 is 6.04 Å². The van der Waals surface area contributed by atoms with Crippen molar-refractivity contribution in [2.24, 2.45) is 0 Å². The molecule has 0 unspecified atom stereocenters. The quantitative estimate of drug-likeness (QED) is 0.692. The molecule has 0 spiro atoms. The van der Waals surface area contributed by atoms with Crippen molar-refractivity contribution in [1.29, 1.82) is 0 Å². The predicted octanol–water partition coefficient (Wildman–Crippen LogP) is 3.92. The number of hydrogen-bond donors (Lipinski definition) is 1. The first-order chi connectivity index (χ1) is 13.5. The molecule has 2 amide bonds. The summed E-state index contributed by atoms with van der Waals surface area (Å²) in [6, 6.07) is 13.6. The SMILES string of the molecule is CC[C@H](C(=O)NC)N(Cc1ccccc1C)C(=O)CSCc1ccc(F)cc1. The Balaban J connectivity index is 2.10. The molecule has 0 saturated carbocycles. The molecule has 0 fully saturated rings. The maximum Gasteiger partial charge on any atom is 0.242 e. The summed E-state index contributed by atoms with van der Waals surface area (Å²) in [7, 11) is 1.59. The van der Waals surface area contributed by atoms with Crippen LogP contribution < -0.4 is 5.32 Å². The maximum absolute atomic E-state index is 13.0. The van der Waals surface area contributed by atoms with E-state index in [0.717, 1.165) is 16.7 Å². The fourth-order valence-electron chi connectivity index (χ4n) is 2.98. The summed E-state index contributed by atoms with van der Waals surface area (Å²) < 4.78 is 13.0. The number of amides is 2. The van der Waals surface area contributed by atoms with E-state index >= 15 is 0 Å². The van der Waals surface area contributed by atoms with Crippen molar-refractivity contribution in [2.75, 3.05) is 12.8 Å². The number of nitrogens with one attached hydrogen (secondary N) is 1. The van der Waals surface area contributed by atoms with E-state index in [1.807, 2.05) is 38.1 Å². The minimum atomic E-state index is -0.511. The monoisotopic (exact) mass is 402 g/mol. The highest BCUT2D eigenvalue weighted by molar-refractivity contribution is 7.99. The molecule has 6 heteroatoms. The van der Waals surface area contributed by atoms with E-state index in [2.05, 4.69) is 5.32 Å². The molecule has 0 aliphatic heterocycles. The van der Waals surface area contributed by atoms with Gasteiger partial charge in [-0.2, -0.15) is 0 Å². The molecule has 0 heterocycles. The lowest BCUT2D eigenvalue weighted by atomic mass is 10.1. The van der Waals surface area contributed by atoms with Crippen LogP contribution in [-0.4, -0.2) is 35.6 Å². The Labute approximate surface area is 170 Å². The van der Waals surface area contributed by atoms with Crippen molar-refractivity contribution >= 4 is 23.6 Å². The third-order valence-corrected chi connectivity index (χ3v) is 5.63. The molecule has 4 nitrogen and oxygen atoms in total. The molecule has 0 radical (unpaired) electrons. The van der Waals surface area contributed by atoms with Gasteiger partial charge < -0.3 is 10.2 Å². The van der Waals surface area contributed by atoms with Crippen molar-refractivity contribution in [1.82, 2.24) is 10.2 Å². The zero-order valence-electron chi connectivity index (χ0n) is 16.6. The fourth-order valence-corrected chi connectivity index (χ4v) is 3.85. The lowest BCUT2D eigenvalue weighted by molar-refractivity contribution is -0.139. The molecular formula is C22H27FN2O2S. The number of likely N-dealkylation sites (N-methyl/N-ethyl adjacent to an activating group) is 1. The molecule has 2 aromatic carbocycles. The molecule has 0 aliphatic carbocycles. The first-order valence-corrected chi connectivity index (χ1v) is 10.5. The number of nitrogens with zero attached hydrogens (tertiary/aromatic N) is 1. The van der Waals surface area contributed by atoms with Crippen molar-refractivity contribution in [3.05, 3.63) is 71.0 Å². The standard InChI is InChI=1S/C22H27FN2O2S/c1-4-20(22(27)24-3)25(13-18-8-6-5-7-16(18)2)21(26)15-28-14-17-9-11-19(23)12-10-17/h5-12,20H,4,13-15H2,1-3H3,(H,24,27)/t20-/m1/s1. The van der Waals surface area contributed by atoms with Gasteiger partial charge in [0.25, 0.3) is 0 Å². The minimum absolute atomic E-state index is 0.0779. The van der Waals surface area contributed by atoms with Crippen LogP contribution >= 0.6 is 11.8 Å². The number of carbonyl (C=O) groups is 2. The lowest BCUT2D eigenvalue weighted by Gasteiger charge is -2.30. The van der Waals surface area contributed by atoms with Crippen molar-refractivity contribution in [3.63, 3.8) is 0 Å². The number of thioether (sulfide) groups is 1. The Morgan fingerprint density at radius 1 is 1.14 bits per heavy atom. The van der Waals surface area contributed by atoms with Crippen LogP contribution in [0.15, 0.2) is 48.5 Å². The van der Waals surface area contributed by atoms with Gasteiger partial charge >= 0.3 is 0 Å².